The standard InChI is InChI=1S/C19H28N2O3/c1-4-20-18(23)19(11-5-6-12-19)21-17(22)13-14(2)15-7-9-16(24-3)10-8-15/h7-10,14H,4-6,11-13H2,1-3H3,(H,20,23)(H,21,22)/t14-/m0/s1. The van der Waals surface area contributed by atoms with Crippen LogP contribution in [0.25, 0.3) is 0 Å². The molecule has 1 fully saturated rings. The van der Waals surface area contributed by atoms with E-state index in [1.807, 2.05) is 38.1 Å². The summed E-state index contributed by atoms with van der Waals surface area (Å²) in [6, 6.07) is 7.76. The number of carbonyl (C=O) groups excluding carboxylic acids is 2. The van der Waals surface area contributed by atoms with Crippen molar-refractivity contribution < 1.29 is 14.3 Å². The second-order valence-electron chi connectivity index (χ2n) is 6.58. The van der Waals surface area contributed by atoms with Gasteiger partial charge in [0.05, 0.1) is 7.11 Å². The molecule has 1 aromatic carbocycles. The van der Waals surface area contributed by atoms with Crippen molar-refractivity contribution in [2.24, 2.45) is 0 Å². The monoisotopic (exact) mass is 332 g/mol. The highest BCUT2D eigenvalue weighted by molar-refractivity contribution is 5.92. The molecule has 1 saturated carbocycles. The third kappa shape index (κ3) is 4.28. The predicted molar refractivity (Wildman–Crippen MR) is 94.1 cm³/mol. The summed E-state index contributed by atoms with van der Waals surface area (Å²) >= 11 is 0. The highest BCUT2D eigenvalue weighted by Crippen LogP contribution is 2.31. The average molecular weight is 332 g/mol. The first-order valence-electron chi connectivity index (χ1n) is 8.74. The van der Waals surface area contributed by atoms with Crippen molar-refractivity contribution in [2.45, 2.75) is 57.4 Å². The SMILES string of the molecule is CCNC(=O)C1(NC(=O)C[C@H](C)c2ccc(OC)cc2)CCCC1. The second kappa shape index (κ2) is 8.18. The van der Waals surface area contributed by atoms with Crippen LogP contribution in [0.4, 0.5) is 0 Å². The lowest BCUT2D eigenvalue weighted by Gasteiger charge is -2.29. The van der Waals surface area contributed by atoms with Crippen LogP contribution >= 0.6 is 0 Å². The molecule has 1 atom stereocenters. The first-order chi connectivity index (χ1) is 11.5. The van der Waals surface area contributed by atoms with Gasteiger partial charge in [0.1, 0.15) is 11.3 Å². The van der Waals surface area contributed by atoms with Gasteiger partial charge in [0.25, 0.3) is 0 Å². The van der Waals surface area contributed by atoms with Crippen molar-refractivity contribution in [2.75, 3.05) is 13.7 Å². The van der Waals surface area contributed by atoms with Gasteiger partial charge >= 0.3 is 0 Å². The molecule has 1 aromatic rings. The van der Waals surface area contributed by atoms with E-state index in [1.54, 1.807) is 7.11 Å². The molecule has 0 spiro atoms. The number of ether oxygens (including phenoxy) is 1. The van der Waals surface area contributed by atoms with Crippen molar-refractivity contribution in [3.63, 3.8) is 0 Å². The molecule has 1 aliphatic carbocycles. The fraction of sp³-hybridized carbons (Fsp3) is 0.579. The van der Waals surface area contributed by atoms with Gasteiger partial charge < -0.3 is 15.4 Å². The van der Waals surface area contributed by atoms with Crippen molar-refractivity contribution in [1.29, 1.82) is 0 Å². The van der Waals surface area contributed by atoms with Gasteiger partial charge in [-0.05, 0) is 43.4 Å². The normalized spacial score (nSPS) is 17.1. The third-order valence-corrected chi connectivity index (χ3v) is 4.78. The molecule has 2 rings (SSSR count). The molecule has 132 valence electrons. The Morgan fingerprint density at radius 1 is 1.21 bits per heavy atom. The van der Waals surface area contributed by atoms with Gasteiger partial charge in [-0.2, -0.15) is 0 Å². The summed E-state index contributed by atoms with van der Waals surface area (Å²) in [5.74, 6) is 0.777. The van der Waals surface area contributed by atoms with E-state index in [4.69, 9.17) is 4.74 Å². The van der Waals surface area contributed by atoms with Crippen LogP contribution in [0.1, 0.15) is 57.4 Å². The maximum Gasteiger partial charge on any atom is 0.245 e. The van der Waals surface area contributed by atoms with Gasteiger partial charge in [0.15, 0.2) is 0 Å². The lowest BCUT2D eigenvalue weighted by Crippen LogP contribution is -2.57. The Bertz CT molecular complexity index is 562. The molecule has 2 amide bonds. The molecular weight excluding hydrogens is 304 g/mol. The number of nitrogens with one attached hydrogen (secondary N) is 2. The molecule has 0 radical (unpaired) electrons. The topological polar surface area (TPSA) is 67.4 Å². The molecular formula is C19H28N2O3. The number of benzene rings is 1. The van der Waals surface area contributed by atoms with Gasteiger partial charge in [0, 0.05) is 13.0 Å². The number of likely N-dealkylation sites (N-methyl/N-ethyl adjacent to an activating group) is 1. The second-order valence-corrected chi connectivity index (χ2v) is 6.58. The van der Waals surface area contributed by atoms with Crippen molar-refractivity contribution in [3.8, 4) is 5.75 Å². The number of hydrogen-bond donors (Lipinski definition) is 2. The molecule has 0 saturated heterocycles. The van der Waals surface area contributed by atoms with E-state index >= 15 is 0 Å². The van der Waals surface area contributed by atoms with Gasteiger partial charge in [-0.15, -0.1) is 0 Å². The number of carbonyl (C=O) groups is 2. The van der Waals surface area contributed by atoms with E-state index in [0.717, 1.165) is 37.0 Å². The first-order valence-corrected chi connectivity index (χ1v) is 8.74. The van der Waals surface area contributed by atoms with Gasteiger partial charge in [0.2, 0.25) is 11.8 Å². The fourth-order valence-electron chi connectivity index (χ4n) is 3.36. The van der Waals surface area contributed by atoms with Crippen LogP contribution in [0.2, 0.25) is 0 Å². The minimum absolute atomic E-state index is 0.0482. The summed E-state index contributed by atoms with van der Waals surface area (Å²) in [7, 11) is 1.63. The Kier molecular flexibility index (Phi) is 6.23. The fourth-order valence-corrected chi connectivity index (χ4v) is 3.36. The van der Waals surface area contributed by atoms with Crippen LogP contribution in [0.3, 0.4) is 0 Å². The summed E-state index contributed by atoms with van der Waals surface area (Å²) in [6.45, 7) is 4.50. The van der Waals surface area contributed by atoms with E-state index < -0.39 is 5.54 Å². The van der Waals surface area contributed by atoms with Crippen molar-refractivity contribution in [1.82, 2.24) is 10.6 Å². The zero-order valence-electron chi connectivity index (χ0n) is 14.9. The maximum atomic E-state index is 12.5. The van der Waals surface area contributed by atoms with Crippen LogP contribution in [0.5, 0.6) is 5.75 Å². The Morgan fingerprint density at radius 2 is 1.83 bits per heavy atom. The molecule has 0 unspecified atom stereocenters. The Balaban J connectivity index is 1.98. The minimum Gasteiger partial charge on any atom is -0.497 e. The van der Waals surface area contributed by atoms with E-state index in [1.165, 1.54) is 0 Å². The highest BCUT2D eigenvalue weighted by atomic mass is 16.5. The smallest absolute Gasteiger partial charge is 0.245 e. The van der Waals surface area contributed by atoms with Crippen molar-refractivity contribution >= 4 is 11.8 Å². The zero-order chi connectivity index (χ0) is 17.6. The van der Waals surface area contributed by atoms with Crippen LogP contribution in [-0.2, 0) is 9.59 Å². The van der Waals surface area contributed by atoms with Gasteiger partial charge in [-0.3, -0.25) is 9.59 Å². The molecule has 2 N–H and O–H groups in total. The molecule has 5 nitrogen and oxygen atoms in total. The van der Waals surface area contributed by atoms with Crippen LogP contribution in [0, 0.1) is 0 Å². The first kappa shape index (κ1) is 18.3. The maximum absolute atomic E-state index is 12.5. The highest BCUT2D eigenvalue weighted by Gasteiger charge is 2.42. The van der Waals surface area contributed by atoms with Crippen molar-refractivity contribution in [3.05, 3.63) is 29.8 Å². The molecule has 5 heteroatoms. The van der Waals surface area contributed by atoms with E-state index in [2.05, 4.69) is 10.6 Å². The molecule has 0 aromatic heterocycles. The van der Waals surface area contributed by atoms with Gasteiger partial charge in [-0.1, -0.05) is 31.9 Å². The molecule has 0 bridgehead atoms. The lowest BCUT2D eigenvalue weighted by molar-refractivity contribution is -0.133. The minimum atomic E-state index is -0.716. The molecule has 1 aliphatic rings. The summed E-state index contributed by atoms with van der Waals surface area (Å²) in [4.78, 5) is 24.9. The van der Waals surface area contributed by atoms with E-state index in [0.29, 0.717) is 13.0 Å². The number of hydrogen-bond acceptors (Lipinski definition) is 3. The Hall–Kier alpha value is -2.04. The summed E-state index contributed by atoms with van der Waals surface area (Å²) < 4.78 is 5.16. The number of rotatable bonds is 7. The van der Waals surface area contributed by atoms with Crippen LogP contribution in [-0.4, -0.2) is 31.0 Å². The molecule has 0 heterocycles. The predicted octanol–water partition coefficient (Wildman–Crippen LogP) is 2.75. The van der Waals surface area contributed by atoms with Crippen LogP contribution in [0.15, 0.2) is 24.3 Å². The van der Waals surface area contributed by atoms with Crippen LogP contribution < -0.4 is 15.4 Å². The number of methoxy groups -OCH3 is 1. The third-order valence-electron chi connectivity index (χ3n) is 4.78. The molecule has 0 aliphatic heterocycles. The molecule has 24 heavy (non-hydrogen) atoms. The number of amides is 2. The lowest BCUT2D eigenvalue weighted by atomic mass is 9.93. The summed E-state index contributed by atoms with van der Waals surface area (Å²) in [5, 5.41) is 5.89. The largest absolute Gasteiger partial charge is 0.497 e. The Labute approximate surface area is 144 Å². The van der Waals surface area contributed by atoms with E-state index in [-0.39, 0.29) is 17.7 Å². The summed E-state index contributed by atoms with van der Waals surface area (Å²) in [6.07, 6.45) is 3.77. The van der Waals surface area contributed by atoms with E-state index in [9.17, 15) is 9.59 Å². The van der Waals surface area contributed by atoms with Gasteiger partial charge in [-0.25, -0.2) is 0 Å². The average Bonchev–Trinajstić information content (AvgIpc) is 3.04. The quantitative estimate of drug-likeness (QED) is 0.807. The summed E-state index contributed by atoms with van der Waals surface area (Å²) in [5.41, 5.74) is 0.372. The zero-order valence-corrected chi connectivity index (χ0v) is 14.9. The Morgan fingerprint density at radius 3 is 2.38 bits per heavy atom.